The highest BCUT2D eigenvalue weighted by atomic mass is 16.7. The third kappa shape index (κ3) is 9.81. The monoisotopic (exact) mass is 660 g/mol. The first-order valence-corrected chi connectivity index (χ1v) is 16.0. The lowest BCUT2D eigenvalue weighted by molar-refractivity contribution is -0.271. The summed E-state index contributed by atoms with van der Waals surface area (Å²) in [5.41, 5.74) is 0.899. The molecule has 0 saturated carbocycles. The fourth-order valence-electron chi connectivity index (χ4n) is 5.86. The predicted octanol–water partition coefficient (Wildman–Crippen LogP) is -0.479. The summed E-state index contributed by atoms with van der Waals surface area (Å²) in [6.45, 7) is 5.12. The number of aliphatic hydroxyl groups excluding tert-OH is 3. The third-order valence-corrected chi connectivity index (χ3v) is 8.41. The molecule has 0 aromatic heterocycles. The van der Waals surface area contributed by atoms with Gasteiger partial charge in [0, 0.05) is 51.3 Å². The number of imide groups is 1. The molecular formula is C32H44N4O11. The zero-order valence-electron chi connectivity index (χ0n) is 26.4. The lowest BCUT2D eigenvalue weighted by atomic mass is 9.98. The summed E-state index contributed by atoms with van der Waals surface area (Å²) < 4.78 is 11.0. The van der Waals surface area contributed by atoms with E-state index in [1.807, 2.05) is 0 Å². The summed E-state index contributed by atoms with van der Waals surface area (Å²) in [6.07, 6.45) is -2.39. The molecule has 0 unspecified atom stereocenters. The number of aliphatic hydroxyl groups is 3. The number of hydrogen-bond donors (Lipinski definition) is 6. The van der Waals surface area contributed by atoms with E-state index in [9.17, 15) is 44.4 Å². The number of unbranched alkanes of at least 4 members (excludes halogenated alkanes) is 2. The molecule has 2 saturated heterocycles. The third-order valence-electron chi connectivity index (χ3n) is 8.41. The van der Waals surface area contributed by atoms with Crippen LogP contribution < -0.4 is 15.4 Å². The Labute approximate surface area is 272 Å². The Morgan fingerprint density at radius 2 is 1.70 bits per heavy atom. The molecule has 1 aromatic carbocycles. The maximum atomic E-state index is 13.4. The highest BCUT2D eigenvalue weighted by molar-refractivity contribution is 6.12. The second-order valence-corrected chi connectivity index (χ2v) is 12.2. The molecule has 3 aliphatic heterocycles. The maximum absolute atomic E-state index is 13.4. The minimum absolute atomic E-state index is 0.0350. The topological polar surface area (TPSA) is 215 Å². The van der Waals surface area contributed by atoms with E-state index < -0.39 is 42.6 Å². The number of nitrogens with one attached hydrogen (secondary N) is 2. The van der Waals surface area contributed by atoms with Gasteiger partial charge in [-0.2, -0.15) is 0 Å². The van der Waals surface area contributed by atoms with E-state index in [-0.39, 0.29) is 48.5 Å². The molecule has 0 bridgehead atoms. The van der Waals surface area contributed by atoms with E-state index in [0.29, 0.717) is 38.3 Å². The van der Waals surface area contributed by atoms with Gasteiger partial charge >= 0.3 is 5.97 Å². The summed E-state index contributed by atoms with van der Waals surface area (Å²) in [6, 6.07) is 4.89. The van der Waals surface area contributed by atoms with Crippen LogP contribution in [0.2, 0.25) is 0 Å². The largest absolute Gasteiger partial charge is 0.479 e. The van der Waals surface area contributed by atoms with Gasteiger partial charge in [-0.05, 0) is 55.8 Å². The van der Waals surface area contributed by atoms with Crippen LogP contribution in [0.15, 0.2) is 30.4 Å². The minimum Gasteiger partial charge on any atom is -0.479 e. The van der Waals surface area contributed by atoms with Gasteiger partial charge in [-0.3, -0.25) is 29.0 Å². The van der Waals surface area contributed by atoms with Crippen molar-refractivity contribution in [1.29, 1.82) is 0 Å². The van der Waals surface area contributed by atoms with E-state index in [2.05, 4.69) is 22.5 Å². The van der Waals surface area contributed by atoms with E-state index in [4.69, 9.17) is 9.47 Å². The first-order chi connectivity index (χ1) is 22.4. The quantitative estimate of drug-likeness (QED) is 0.104. The number of hydrogen-bond acceptors (Lipinski definition) is 11. The number of benzene rings is 1. The molecule has 0 aliphatic carbocycles. The molecule has 4 amide bonds. The van der Waals surface area contributed by atoms with Crippen molar-refractivity contribution in [2.75, 3.05) is 32.7 Å². The number of rotatable bonds is 15. The lowest BCUT2D eigenvalue weighted by Crippen LogP contribution is -2.61. The van der Waals surface area contributed by atoms with Gasteiger partial charge in [0.1, 0.15) is 24.1 Å². The Morgan fingerprint density at radius 1 is 0.979 bits per heavy atom. The number of amides is 4. The number of carboxylic acid groups (broad SMARTS) is 1. The van der Waals surface area contributed by atoms with Crippen molar-refractivity contribution in [2.45, 2.75) is 82.7 Å². The van der Waals surface area contributed by atoms with Crippen LogP contribution in [-0.4, -0.2) is 123 Å². The molecule has 3 heterocycles. The van der Waals surface area contributed by atoms with Crippen LogP contribution in [0.3, 0.4) is 0 Å². The highest BCUT2D eigenvalue weighted by Crippen LogP contribution is 2.28. The number of ether oxygens (including phenoxy) is 2. The second kappa shape index (κ2) is 16.8. The van der Waals surface area contributed by atoms with Crippen LogP contribution in [-0.2, 0) is 30.5 Å². The second-order valence-electron chi connectivity index (χ2n) is 12.2. The Morgan fingerprint density at radius 3 is 2.40 bits per heavy atom. The van der Waals surface area contributed by atoms with Crippen molar-refractivity contribution < 1.29 is 53.9 Å². The number of likely N-dealkylation sites (tertiary alicyclic amines) is 1. The molecule has 47 heavy (non-hydrogen) atoms. The van der Waals surface area contributed by atoms with Crippen LogP contribution in [0, 0.1) is 5.92 Å². The number of carboxylic acids is 1. The van der Waals surface area contributed by atoms with Gasteiger partial charge in [-0.1, -0.05) is 19.4 Å². The van der Waals surface area contributed by atoms with Gasteiger partial charge in [-0.15, -0.1) is 0 Å². The molecule has 6 atom stereocenters. The van der Waals surface area contributed by atoms with Gasteiger partial charge < -0.3 is 40.5 Å². The highest BCUT2D eigenvalue weighted by Gasteiger charge is 2.48. The Hall–Kier alpha value is -3.89. The summed E-state index contributed by atoms with van der Waals surface area (Å²) in [5, 5.41) is 45.5. The van der Waals surface area contributed by atoms with Crippen LogP contribution >= 0.6 is 0 Å². The predicted molar refractivity (Wildman–Crippen MR) is 165 cm³/mol. The molecule has 6 N–H and O–H groups in total. The maximum Gasteiger partial charge on any atom is 0.335 e. The van der Waals surface area contributed by atoms with Crippen molar-refractivity contribution in [2.24, 2.45) is 5.92 Å². The molecule has 4 rings (SSSR count). The number of nitrogens with zero attached hydrogens (tertiary/aromatic N) is 2. The lowest BCUT2D eigenvalue weighted by Gasteiger charge is -2.38. The van der Waals surface area contributed by atoms with Gasteiger partial charge in [-0.25, -0.2) is 4.79 Å². The molecule has 0 spiro atoms. The van der Waals surface area contributed by atoms with E-state index in [1.54, 1.807) is 12.1 Å². The average Bonchev–Trinajstić information content (AvgIpc) is 3.35. The fraction of sp³-hybridized carbons (Fsp3) is 0.594. The van der Waals surface area contributed by atoms with Gasteiger partial charge in [0.05, 0.1) is 5.56 Å². The standard InChI is InChI=1S/C32H44N4O11/c1-19-6-5-14-35(17-19)18-20-8-9-22(46-32-28(42)26(40)27(41)29(47-32)31(44)45)21(16-20)30(43)34-13-12-33-23(37)7-3-2-4-15-36-24(38)10-11-25(36)39/h8-11,16,19,26-29,32,40-42H,2-7,12-15,17-18H2,1H3,(H,33,37)(H,34,43)(H,44,45)/t19-,26-,27-,28+,29-,32+/m0/s1. The van der Waals surface area contributed by atoms with E-state index in [1.165, 1.54) is 18.2 Å². The molecule has 3 aliphatic rings. The van der Waals surface area contributed by atoms with Crippen LogP contribution in [0.25, 0.3) is 0 Å². The van der Waals surface area contributed by atoms with Crippen molar-refractivity contribution in [3.63, 3.8) is 0 Å². The number of piperidine rings is 1. The zero-order valence-corrected chi connectivity index (χ0v) is 26.4. The Kier molecular flexibility index (Phi) is 12.8. The first-order valence-electron chi connectivity index (χ1n) is 16.0. The number of carbonyl (C=O) groups is 5. The van der Waals surface area contributed by atoms with E-state index >= 15 is 0 Å². The summed E-state index contributed by atoms with van der Waals surface area (Å²) in [7, 11) is 0. The first kappa shape index (κ1) is 36.0. The average molecular weight is 661 g/mol. The Balaban J connectivity index is 1.31. The molecule has 15 heteroatoms. The molecule has 258 valence electrons. The summed E-state index contributed by atoms with van der Waals surface area (Å²) in [4.78, 5) is 63.8. The molecular weight excluding hydrogens is 616 g/mol. The van der Waals surface area contributed by atoms with Crippen LogP contribution in [0.1, 0.15) is 61.4 Å². The van der Waals surface area contributed by atoms with Crippen molar-refractivity contribution >= 4 is 29.6 Å². The smallest absolute Gasteiger partial charge is 0.335 e. The van der Waals surface area contributed by atoms with Crippen molar-refractivity contribution in [3.8, 4) is 5.75 Å². The minimum atomic E-state index is -1.89. The van der Waals surface area contributed by atoms with Crippen LogP contribution in [0.4, 0.5) is 0 Å². The number of carbonyl (C=O) groups excluding carboxylic acids is 4. The zero-order chi connectivity index (χ0) is 34.1. The molecule has 15 nitrogen and oxygen atoms in total. The van der Waals surface area contributed by atoms with Crippen LogP contribution in [0.5, 0.6) is 5.75 Å². The normalized spacial score (nSPS) is 26.3. The van der Waals surface area contributed by atoms with Gasteiger partial charge in [0.25, 0.3) is 17.7 Å². The molecule has 0 radical (unpaired) electrons. The fourth-order valence-corrected chi connectivity index (χ4v) is 5.86. The Bertz CT molecular complexity index is 1320. The molecule has 2 fully saturated rings. The van der Waals surface area contributed by atoms with Gasteiger partial charge in [0.2, 0.25) is 12.2 Å². The number of aliphatic carboxylic acids is 1. The summed E-state index contributed by atoms with van der Waals surface area (Å²) in [5.74, 6) is -2.48. The van der Waals surface area contributed by atoms with Crippen molar-refractivity contribution in [3.05, 3.63) is 41.5 Å². The van der Waals surface area contributed by atoms with E-state index in [0.717, 1.165) is 36.4 Å². The van der Waals surface area contributed by atoms with Gasteiger partial charge in [0.15, 0.2) is 6.10 Å². The molecule has 1 aromatic rings. The summed E-state index contributed by atoms with van der Waals surface area (Å²) >= 11 is 0. The SMILES string of the molecule is C[C@H]1CCCN(Cc2ccc(O[C@@H]3O[C@H](C(=O)O)[C@@H](O)[C@H](O)[C@H]3O)c(C(=O)NCCNC(=O)CCCCCN3C(=O)C=CC3=O)c2)C1. The van der Waals surface area contributed by atoms with Crippen molar-refractivity contribution in [1.82, 2.24) is 20.4 Å².